The lowest BCUT2D eigenvalue weighted by atomic mass is 10.2. The normalized spacial score (nSPS) is 11.5. The second-order valence-electron chi connectivity index (χ2n) is 4.78. The molecule has 0 N–H and O–H groups in total. The Morgan fingerprint density at radius 1 is 1.04 bits per heavy atom. The molecule has 3 heterocycles. The summed E-state index contributed by atoms with van der Waals surface area (Å²) in [7, 11) is 0. The van der Waals surface area contributed by atoms with E-state index in [0.29, 0.717) is 10.8 Å². The maximum atomic E-state index is 13.2. The fourth-order valence-electron chi connectivity index (χ4n) is 2.16. The highest BCUT2D eigenvalue weighted by Gasteiger charge is 2.11. The van der Waals surface area contributed by atoms with Crippen LogP contribution in [0.4, 0.5) is 4.39 Å². The fourth-order valence-corrected chi connectivity index (χ4v) is 2.90. The van der Waals surface area contributed by atoms with Gasteiger partial charge in [-0.15, -0.1) is 10.2 Å². The third-order valence-electron chi connectivity index (χ3n) is 3.21. The molecule has 0 amide bonds. The van der Waals surface area contributed by atoms with Crippen molar-refractivity contribution < 1.29 is 4.39 Å². The largest absolute Gasteiger partial charge is 0.265 e. The van der Waals surface area contributed by atoms with Gasteiger partial charge in [0.1, 0.15) is 10.8 Å². The lowest BCUT2D eigenvalue weighted by molar-refractivity contribution is 0.627. The molecule has 4 rings (SSSR count). The molecular weight excluding hydrogens is 313 g/mol. The topological polar surface area (TPSA) is 56.0 Å². The molecular formula is C16H10FN5S. The maximum Gasteiger partial charge on any atom is 0.235 e. The van der Waals surface area contributed by atoms with Gasteiger partial charge in [0.05, 0.1) is 0 Å². The first-order chi connectivity index (χ1) is 11.3. The van der Waals surface area contributed by atoms with Gasteiger partial charge >= 0.3 is 0 Å². The van der Waals surface area contributed by atoms with Crippen molar-refractivity contribution in [2.45, 2.75) is 0 Å². The zero-order valence-electron chi connectivity index (χ0n) is 11.8. The monoisotopic (exact) mass is 323 g/mol. The van der Waals surface area contributed by atoms with Crippen LogP contribution in [0.3, 0.4) is 0 Å². The lowest BCUT2D eigenvalue weighted by Crippen LogP contribution is -1.90. The highest BCUT2D eigenvalue weighted by Crippen LogP contribution is 2.22. The molecule has 0 atom stereocenters. The van der Waals surface area contributed by atoms with Gasteiger partial charge in [0.25, 0.3) is 0 Å². The molecule has 0 saturated heterocycles. The molecule has 0 aliphatic heterocycles. The maximum absolute atomic E-state index is 13.2. The molecule has 0 fully saturated rings. The van der Waals surface area contributed by atoms with Gasteiger partial charge < -0.3 is 0 Å². The number of aromatic nitrogens is 5. The molecule has 0 bridgehead atoms. The Bertz CT molecular complexity index is 990. The van der Waals surface area contributed by atoms with E-state index in [1.165, 1.54) is 23.5 Å². The lowest BCUT2D eigenvalue weighted by Gasteiger charge is -1.94. The van der Waals surface area contributed by atoms with Gasteiger partial charge in [-0.05, 0) is 35.9 Å². The minimum Gasteiger partial charge on any atom is -0.265 e. The van der Waals surface area contributed by atoms with Crippen molar-refractivity contribution in [2.24, 2.45) is 0 Å². The summed E-state index contributed by atoms with van der Waals surface area (Å²) in [5.74, 6) is 0.411. The van der Waals surface area contributed by atoms with Gasteiger partial charge in [0.2, 0.25) is 4.96 Å². The molecule has 112 valence electrons. The van der Waals surface area contributed by atoms with Crippen molar-refractivity contribution >= 4 is 28.4 Å². The molecule has 0 aliphatic carbocycles. The molecule has 7 heteroatoms. The van der Waals surface area contributed by atoms with Crippen LogP contribution >= 0.6 is 11.3 Å². The summed E-state index contributed by atoms with van der Waals surface area (Å²) in [5, 5.41) is 13.6. The zero-order chi connectivity index (χ0) is 15.6. The van der Waals surface area contributed by atoms with E-state index < -0.39 is 0 Å². The standard InChI is InChI=1S/C16H10FN5S/c17-13-3-1-2-11(10-13)4-5-14-21-22-15(19-20-16(22)23-14)12-6-8-18-9-7-12/h1-10H. The average molecular weight is 323 g/mol. The molecule has 4 aromatic rings. The number of halogens is 1. The minimum atomic E-state index is -0.259. The Morgan fingerprint density at radius 3 is 2.74 bits per heavy atom. The first-order valence-corrected chi connectivity index (χ1v) is 7.67. The highest BCUT2D eigenvalue weighted by atomic mass is 32.1. The predicted molar refractivity (Wildman–Crippen MR) is 87.2 cm³/mol. The minimum absolute atomic E-state index is 0.259. The van der Waals surface area contributed by atoms with Crippen LogP contribution in [0.15, 0.2) is 48.8 Å². The van der Waals surface area contributed by atoms with Crippen LogP contribution in [-0.2, 0) is 0 Å². The average Bonchev–Trinajstić information content (AvgIpc) is 3.14. The van der Waals surface area contributed by atoms with E-state index in [9.17, 15) is 4.39 Å². The third kappa shape index (κ3) is 2.74. The van der Waals surface area contributed by atoms with E-state index in [4.69, 9.17) is 0 Å². The molecule has 23 heavy (non-hydrogen) atoms. The molecule has 3 aromatic heterocycles. The molecule has 0 radical (unpaired) electrons. The Balaban J connectivity index is 1.69. The highest BCUT2D eigenvalue weighted by molar-refractivity contribution is 7.17. The smallest absolute Gasteiger partial charge is 0.235 e. The van der Waals surface area contributed by atoms with Crippen LogP contribution in [0, 0.1) is 5.82 Å². The van der Waals surface area contributed by atoms with Crippen LogP contribution in [0.25, 0.3) is 28.5 Å². The van der Waals surface area contributed by atoms with Crippen molar-refractivity contribution in [2.75, 3.05) is 0 Å². The number of fused-ring (bicyclic) bond motifs is 1. The number of pyridine rings is 1. The Kier molecular flexibility index (Phi) is 3.39. The summed E-state index contributed by atoms with van der Waals surface area (Å²) < 4.78 is 14.9. The fraction of sp³-hybridized carbons (Fsp3) is 0. The Morgan fingerprint density at radius 2 is 1.91 bits per heavy atom. The SMILES string of the molecule is Fc1cccc(C=Cc2nn3c(-c4ccncc4)nnc3s2)c1. The molecule has 0 saturated carbocycles. The summed E-state index contributed by atoms with van der Waals surface area (Å²) in [6.45, 7) is 0. The van der Waals surface area contributed by atoms with Gasteiger partial charge in [-0.25, -0.2) is 4.39 Å². The second-order valence-corrected chi connectivity index (χ2v) is 5.77. The van der Waals surface area contributed by atoms with Gasteiger partial charge in [-0.3, -0.25) is 4.98 Å². The van der Waals surface area contributed by atoms with Crippen molar-refractivity contribution in [3.63, 3.8) is 0 Å². The van der Waals surface area contributed by atoms with E-state index >= 15 is 0 Å². The van der Waals surface area contributed by atoms with Crippen molar-refractivity contribution in [1.29, 1.82) is 0 Å². The molecule has 0 unspecified atom stereocenters. The van der Waals surface area contributed by atoms with Crippen molar-refractivity contribution in [3.8, 4) is 11.4 Å². The van der Waals surface area contributed by atoms with Crippen LogP contribution < -0.4 is 0 Å². The number of nitrogens with zero attached hydrogens (tertiary/aromatic N) is 5. The zero-order valence-corrected chi connectivity index (χ0v) is 12.6. The number of rotatable bonds is 3. The van der Waals surface area contributed by atoms with E-state index in [1.807, 2.05) is 30.4 Å². The summed E-state index contributed by atoms with van der Waals surface area (Å²) in [6, 6.07) is 10.1. The third-order valence-corrected chi connectivity index (χ3v) is 4.08. The van der Waals surface area contributed by atoms with Gasteiger partial charge in [-0.2, -0.15) is 9.61 Å². The summed E-state index contributed by atoms with van der Waals surface area (Å²) >= 11 is 1.42. The molecule has 5 nitrogen and oxygen atoms in total. The molecule has 0 aliphatic rings. The first kappa shape index (κ1) is 13.7. The number of benzene rings is 1. The number of hydrogen-bond acceptors (Lipinski definition) is 5. The summed E-state index contributed by atoms with van der Waals surface area (Å²) in [4.78, 5) is 4.70. The second kappa shape index (κ2) is 5.69. The Labute approximate surface area is 134 Å². The summed E-state index contributed by atoms with van der Waals surface area (Å²) in [6.07, 6.45) is 7.06. The molecule has 0 spiro atoms. The van der Waals surface area contributed by atoms with Crippen LogP contribution in [0.5, 0.6) is 0 Å². The molecule has 1 aromatic carbocycles. The summed E-state index contributed by atoms with van der Waals surface area (Å²) in [5.41, 5.74) is 1.68. The van der Waals surface area contributed by atoms with Gasteiger partial charge in [0, 0.05) is 18.0 Å². The van der Waals surface area contributed by atoms with E-state index in [2.05, 4.69) is 20.3 Å². The van der Waals surface area contributed by atoms with E-state index in [0.717, 1.165) is 16.1 Å². The number of hydrogen-bond donors (Lipinski definition) is 0. The van der Waals surface area contributed by atoms with Gasteiger partial charge in [0.15, 0.2) is 5.82 Å². The van der Waals surface area contributed by atoms with Crippen molar-refractivity contribution in [1.82, 2.24) is 24.8 Å². The van der Waals surface area contributed by atoms with Crippen LogP contribution in [-0.4, -0.2) is 24.8 Å². The first-order valence-electron chi connectivity index (χ1n) is 6.86. The van der Waals surface area contributed by atoms with E-state index in [1.54, 1.807) is 23.0 Å². The van der Waals surface area contributed by atoms with Gasteiger partial charge in [-0.1, -0.05) is 29.5 Å². The van der Waals surface area contributed by atoms with Crippen molar-refractivity contribution in [3.05, 3.63) is 65.2 Å². The predicted octanol–water partition coefficient (Wildman–Crippen LogP) is 3.56. The van der Waals surface area contributed by atoms with Crippen LogP contribution in [0.1, 0.15) is 10.6 Å². The van der Waals surface area contributed by atoms with Crippen LogP contribution in [0.2, 0.25) is 0 Å². The van der Waals surface area contributed by atoms with E-state index in [-0.39, 0.29) is 5.82 Å². The Hall–Kier alpha value is -2.93. The quantitative estimate of drug-likeness (QED) is 0.578.